The summed E-state index contributed by atoms with van der Waals surface area (Å²) in [5, 5.41) is 8.82. The molecule has 6 heteroatoms. The molecule has 0 bridgehead atoms. The lowest BCUT2D eigenvalue weighted by Crippen LogP contribution is -2.46. The van der Waals surface area contributed by atoms with Gasteiger partial charge in [-0.2, -0.15) is 0 Å². The molecule has 1 aromatic carbocycles. The van der Waals surface area contributed by atoms with Gasteiger partial charge in [0, 0.05) is 18.3 Å². The molecule has 128 valence electrons. The molecule has 1 aromatic heterocycles. The maximum absolute atomic E-state index is 12.9. The molecule has 24 heavy (non-hydrogen) atoms. The van der Waals surface area contributed by atoms with Gasteiger partial charge in [0.05, 0.1) is 5.25 Å². The highest BCUT2D eigenvalue weighted by atomic mass is 32.2. The average molecular weight is 344 g/mol. The number of benzene rings is 1. The summed E-state index contributed by atoms with van der Waals surface area (Å²) in [6.45, 7) is 5.02. The number of carbonyl (C=O) groups is 1. The smallest absolute Gasteiger partial charge is 0.236 e. The van der Waals surface area contributed by atoms with E-state index in [1.165, 1.54) is 18.2 Å². The van der Waals surface area contributed by atoms with Crippen LogP contribution in [0.1, 0.15) is 39.5 Å². The van der Waals surface area contributed by atoms with E-state index in [0.717, 1.165) is 36.7 Å². The van der Waals surface area contributed by atoms with Crippen molar-refractivity contribution in [3.05, 3.63) is 36.7 Å². The van der Waals surface area contributed by atoms with Crippen LogP contribution in [0.15, 0.2) is 41.8 Å². The van der Waals surface area contributed by atoms with Gasteiger partial charge in [-0.15, -0.1) is 10.2 Å². The third kappa shape index (κ3) is 3.64. The molecule has 1 amide bonds. The Hall–Kier alpha value is -1.82. The quantitative estimate of drug-likeness (QED) is 0.779. The Morgan fingerprint density at radius 1 is 1.33 bits per heavy atom. The van der Waals surface area contributed by atoms with Crippen LogP contribution in [-0.2, 0) is 4.79 Å². The van der Waals surface area contributed by atoms with Gasteiger partial charge < -0.3 is 4.90 Å². The highest BCUT2D eigenvalue weighted by Crippen LogP contribution is 2.28. The van der Waals surface area contributed by atoms with Gasteiger partial charge >= 0.3 is 0 Å². The van der Waals surface area contributed by atoms with Gasteiger partial charge in [0.2, 0.25) is 5.91 Å². The van der Waals surface area contributed by atoms with Crippen LogP contribution in [-0.4, -0.2) is 43.4 Å². The molecule has 3 rings (SSSR count). The topological polar surface area (TPSA) is 51.0 Å². The standard InChI is InChI=1S/C18H24N4OS/c1-3-15-9-7-8-12-21(15)17(23)14(2)24-18-20-19-13-22(18)16-10-5-4-6-11-16/h4-6,10-11,13-15H,3,7-9,12H2,1-2H3. The number of rotatable bonds is 5. The number of piperidine rings is 1. The highest BCUT2D eigenvalue weighted by Gasteiger charge is 2.29. The summed E-state index contributed by atoms with van der Waals surface area (Å²) in [7, 11) is 0. The summed E-state index contributed by atoms with van der Waals surface area (Å²) in [6.07, 6.45) is 6.19. The molecule has 1 fully saturated rings. The monoisotopic (exact) mass is 344 g/mol. The van der Waals surface area contributed by atoms with Crippen molar-refractivity contribution in [3.63, 3.8) is 0 Å². The molecule has 1 aliphatic rings. The van der Waals surface area contributed by atoms with Crippen molar-refractivity contribution in [2.45, 2.75) is 56.0 Å². The minimum atomic E-state index is -0.163. The molecule has 1 saturated heterocycles. The minimum Gasteiger partial charge on any atom is -0.339 e. The molecular weight excluding hydrogens is 320 g/mol. The van der Waals surface area contributed by atoms with Crippen LogP contribution >= 0.6 is 11.8 Å². The van der Waals surface area contributed by atoms with Crippen LogP contribution in [0.3, 0.4) is 0 Å². The number of para-hydroxylation sites is 1. The zero-order chi connectivity index (χ0) is 16.9. The summed E-state index contributed by atoms with van der Waals surface area (Å²) in [5.74, 6) is 0.217. The maximum atomic E-state index is 12.9. The van der Waals surface area contributed by atoms with Crippen LogP contribution in [0, 0.1) is 0 Å². The summed E-state index contributed by atoms with van der Waals surface area (Å²) >= 11 is 1.48. The second-order valence-corrected chi connectivity index (χ2v) is 7.48. The third-order valence-electron chi connectivity index (χ3n) is 4.56. The number of aromatic nitrogens is 3. The molecule has 2 atom stereocenters. The molecular formula is C18H24N4OS. The Morgan fingerprint density at radius 3 is 2.88 bits per heavy atom. The normalized spacial score (nSPS) is 19.2. The van der Waals surface area contributed by atoms with Gasteiger partial charge in [-0.1, -0.05) is 36.9 Å². The molecule has 5 nitrogen and oxygen atoms in total. The Morgan fingerprint density at radius 2 is 2.12 bits per heavy atom. The summed E-state index contributed by atoms with van der Waals surface area (Å²) in [6, 6.07) is 10.4. The van der Waals surface area contributed by atoms with Gasteiger partial charge in [-0.3, -0.25) is 9.36 Å². The van der Waals surface area contributed by atoms with Crippen LogP contribution < -0.4 is 0 Å². The number of hydrogen-bond acceptors (Lipinski definition) is 4. The van der Waals surface area contributed by atoms with E-state index in [1.807, 2.05) is 41.8 Å². The van der Waals surface area contributed by atoms with E-state index < -0.39 is 0 Å². The van der Waals surface area contributed by atoms with E-state index in [0.29, 0.717) is 6.04 Å². The van der Waals surface area contributed by atoms with E-state index in [-0.39, 0.29) is 11.2 Å². The van der Waals surface area contributed by atoms with Gasteiger partial charge in [-0.05, 0) is 44.7 Å². The average Bonchev–Trinajstić information content (AvgIpc) is 3.09. The van der Waals surface area contributed by atoms with Crippen molar-refractivity contribution in [2.24, 2.45) is 0 Å². The predicted molar refractivity (Wildman–Crippen MR) is 96.3 cm³/mol. The fourth-order valence-electron chi connectivity index (χ4n) is 3.23. The number of nitrogens with zero attached hydrogens (tertiary/aromatic N) is 4. The molecule has 1 aliphatic heterocycles. The van der Waals surface area contributed by atoms with Crippen molar-refractivity contribution in [3.8, 4) is 5.69 Å². The number of amides is 1. The molecule has 0 aliphatic carbocycles. The SMILES string of the molecule is CCC1CCCCN1C(=O)C(C)Sc1nncn1-c1ccccc1. The van der Waals surface area contributed by atoms with E-state index in [1.54, 1.807) is 6.33 Å². The first-order valence-corrected chi connectivity index (χ1v) is 9.51. The Bertz CT molecular complexity index is 673. The third-order valence-corrected chi connectivity index (χ3v) is 5.61. The zero-order valence-corrected chi connectivity index (χ0v) is 15.1. The molecule has 0 N–H and O–H groups in total. The van der Waals surface area contributed by atoms with Crippen LogP contribution in [0.5, 0.6) is 0 Å². The first-order valence-electron chi connectivity index (χ1n) is 8.63. The largest absolute Gasteiger partial charge is 0.339 e. The van der Waals surface area contributed by atoms with E-state index >= 15 is 0 Å². The Kier molecular flexibility index (Phi) is 5.56. The molecule has 2 unspecified atom stereocenters. The fraction of sp³-hybridized carbons (Fsp3) is 0.500. The molecule has 2 aromatic rings. The van der Waals surface area contributed by atoms with Crippen molar-refractivity contribution in [1.29, 1.82) is 0 Å². The predicted octanol–water partition coefficient (Wildman–Crippen LogP) is 3.54. The van der Waals surface area contributed by atoms with Crippen LogP contribution in [0.2, 0.25) is 0 Å². The van der Waals surface area contributed by atoms with Crippen molar-refractivity contribution in [1.82, 2.24) is 19.7 Å². The van der Waals surface area contributed by atoms with Gasteiger partial charge in [-0.25, -0.2) is 0 Å². The van der Waals surface area contributed by atoms with Gasteiger partial charge in [0.1, 0.15) is 6.33 Å². The van der Waals surface area contributed by atoms with Crippen LogP contribution in [0.25, 0.3) is 5.69 Å². The van der Waals surface area contributed by atoms with Crippen molar-refractivity contribution < 1.29 is 4.79 Å². The molecule has 0 radical (unpaired) electrons. The molecule has 0 spiro atoms. The number of carbonyl (C=O) groups excluding carboxylic acids is 1. The summed E-state index contributed by atoms with van der Waals surface area (Å²) in [4.78, 5) is 15.0. The van der Waals surface area contributed by atoms with Crippen molar-refractivity contribution >= 4 is 17.7 Å². The number of hydrogen-bond donors (Lipinski definition) is 0. The number of likely N-dealkylation sites (tertiary alicyclic amines) is 1. The highest BCUT2D eigenvalue weighted by molar-refractivity contribution is 8.00. The second kappa shape index (κ2) is 7.83. The fourth-order valence-corrected chi connectivity index (χ4v) is 4.14. The lowest BCUT2D eigenvalue weighted by atomic mass is 10.00. The van der Waals surface area contributed by atoms with E-state index in [4.69, 9.17) is 0 Å². The lowest BCUT2D eigenvalue weighted by molar-refractivity contribution is -0.134. The Labute approximate surface area is 147 Å². The van der Waals surface area contributed by atoms with Gasteiger partial charge in [0.25, 0.3) is 0 Å². The van der Waals surface area contributed by atoms with E-state index in [9.17, 15) is 4.79 Å². The number of thioether (sulfide) groups is 1. The van der Waals surface area contributed by atoms with Gasteiger partial charge in [0.15, 0.2) is 5.16 Å². The molecule has 2 heterocycles. The maximum Gasteiger partial charge on any atom is 0.236 e. The lowest BCUT2D eigenvalue weighted by Gasteiger charge is -2.36. The first kappa shape index (κ1) is 17.0. The summed E-state index contributed by atoms with van der Waals surface area (Å²) < 4.78 is 1.93. The Balaban J connectivity index is 1.72. The minimum absolute atomic E-state index is 0.163. The van der Waals surface area contributed by atoms with E-state index in [2.05, 4.69) is 22.0 Å². The van der Waals surface area contributed by atoms with Crippen molar-refractivity contribution in [2.75, 3.05) is 6.54 Å². The summed E-state index contributed by atoms with van der Waals surface area (Å²) in [5.41, 5.74) is 1.01. The second-order valence-electron chi connectivity index (χ2n) is 6.17. The van der Waals surface area contributed by atoms with Crippen LogP contribution in [0.4, 0.5) is 0 Å². The zero-order valence-electron chi connectivity index (χ0n) is 14.3. The molecule has 0 saturated carbocycles. The first-order chi connectivity index (χ1) is 11.7.